The molecule has 0 amide bonds. The maximum absolute atomic E-state index is 3.69. The molecule has 1 fully saturated rings. The molecule has 0 aliphatic heterocycles. The Morgan fingerprint density at radius 3 is 2.27 bits per heavy atom. The summed E-state index contributed by atoms with van der Waals surface area (Å²) in [4.78, 5) is 2.53. The van der Waals surface area contributed by atoms with Gasteiger partial charge in [-0.05, 0) is 39.2 Å². The number of hydrogen-bond acceptors (Lipinski definition) is 2. The monoisotopic (exact) mass is 212 g/mol. The zero-order chi connectivity index (χ0) is 11.4. The maximum Gasteiger partial charge on any atom is 0.0192 e. The first-order valence-electron chi connectivity index (χ1n) is 6.51. The Balaban J connectivity index is 2.22. The van der Waals surface area contributed by atoms with Gasteiger partial charge in [0.1, 0.15) is 0 Å². The highest BCUT2D eigenvalue weighted by Gasteiger charge is 2.29. The molecule has 1 aliphatic carbocycles. The van der Waals surface area contributed by atoms with E-state index < -0.39 is 0 Å². The molecule has 0 aromatic rings. The van der Waals surface area contributed by atoms with E-state index in [1.54, 1.807) is 0 Å². The van der Waals surface area contributed by atoms with E-state index in [1.165, 1.54) is 19.3 Å². The van der Waals surface area contributed by atoms with Crippen LogP contribution in [0.5, 0.6) is 0 Å². The van der Waals surface area contributed by atoms with Crippen molar-refractivity contribution >= 4 is 0 Å². The minimum Gasteiger partial charge on any atom is -0.312 e. The van der Waals surface area contributed by atoms with E-state index in [-0.39, 0.29) is 0 Å². The molecule has 1 saturated carbocycles. The average Bonchev–Trinajstić information content (AvgIpc) is 3.00. The van der Waals surface area contributed by atoms with Gasteiger partial charge in [-0.15, -0.1) is 0 Å². The van der Waals surface area contributed by atoms with Crippen molar-refractivity contribution in [2.24, 2.45) is 5.92 Å². The Morgan fingerprint density at radius 1 is 1.27 bits per heavy atom. The lowest BCUT2D eigenvalue weighted by atomic mass is 10.0. The number of nitrogens with one attached hydrogen (secondary N) is 1. The van der Waals surface area contributed by atoms with Crippen molar-refractivity contribution in [1.29, 1.82) is 0 Å². The summed E-state index contributed by atoms with van der Waals surface area (Å²) < 4.78 is 0. The van der Waals surface area contributed by atoms with Gasteiger partial charge in [-0.3, -0.25) is 4.90 Å². The van der Waals surface area contributed by atoms with Gasteiger partial charge in [0.15, 0.2) is 0 Å². The van der Waals surface area contributed by atoms with Crippen molar-refractivity contribution in [3.8, 4) is 0 Å². The number of likely N-dealkylation sites (N-methyl/N-ethyl adjacent to an activating group) is 1. The van der Waals surface area contributed by atoms with Crippen molar-refractivity contribution in [2.45, 2.75) is 65.1 Å². The van der Waals surface area contributed by atoms with Crippen LogP contribution in [0.3, 0.4) is 0 Å². The van der Waals surface area contributed by atoms with Crippen LogP contribution in [0.25, 0.3) is 0 Å². The molecule has 1 rings (SSSR count). The fraction of sp³-hybridized carbons (Fsp3) is 1.00. The van der Waals surface area contributed by atoms with E-state index in [4.69, 9.17) is 0 Å². The molecule has 0 aromatic heterocycles. The van der Waals surface area contributed by atoms with E-state index in [0.717, 1.165) is 18.5 Å². The van der Waals surface area contributed by atoms with Crippen LogP contribution in [0.4, 0.5) is 0 Å². The van der Waals surface area contributed by atoms with Gasteiger partial charge in [0.2, 0.25) is 0 Å². The quantitative estimate of drug-likeness (QED) is 0.697. The van der Waals surface area contributed by atoms with E-state index in [1.807, 2.05) is 0 Å². The Hall–Kier alpha value is -0.0800. The van der Waals surface area contributed by atoms with Crippen molar-refractivity contribution in [2.75, 3.05) is 13.6 Å². The van der Waals surface area contributed by atoms with Crippen LogP contribution in [0.2, 0.25) is 0 Å². The molecule has 2 nitrogen and oxygen atoms in total. The van der Waals surface area contributed by atoms with Gasteiger partial charge in [-0.1, -0.05) is 20.8 Å². The summed E-state index contributed by atoms with van der Waals surface area (Å²) in [6.45, 7) is 10.3. The van der Waals surface area contributed by atoms with E-state index >= 15 is 0 Å². The van der Waals surface area contributed by atoms with Gasteiger partial charge >= 0.3 is 0 Å². The van der Waals surface area contributed by atoms with Crippen molar-refractivity contribution in [1.82, 2.24) is 10.2 Å². The van der Waals surface area contributed by atoms with Crippen molar-refractivity contribution < 1.29 is 0 Å². The van der Waals surface area contributed by atoms with E-state index in [2.05, 4.69) is 45.0 Å². The maximum atomic E-state index is 3.69. The standard InChI is InChI=1S/C13H28N2/c1-6-13(10(2)3)14-9-11(4)15(5)12-7-8-12/h10-14H,6-9H2,1-5H3. The molecule has 0 bridgehead atoms. The normalized spacial score (nSPS) is 21.0. The first-order valence-corrected chi connectivity index (χ1v) is 6.51. The number of nitrogens with zero attached hydrogens (tertiary/aromatic N) is 1. The molecular formula is C13H28N2. The van der Waals surface area contributed by atoms with Crippen molar-refractivity contribution in [3.63, 3.8) is 0 Å². The topological polar surface area (TPSA) is 15.3 Å². The van der Waals surface area contributed by atoms with Crippen LogP contribution >= 0.6 is 0 Å². The lowest BCUT2D eigenvalue weighted by molar-refractivity contribution is 0.228. The molecule has 15 heavy (non-hydrogen) atoms. The van der Waals surface area contributed by atoms with Gasteiger partial charge in [-0.2, -0.15) is 0 Å². The highest BCUT2D eigenvalue weighted by atomic mass is 15.2. The highest BCUT2D eigenvalue weighted by molar-refractivity contribution is 4.86. The highest BCUT2D eigenvalue weighted by Crippen LogP contribution is 2.26. The zero-order valence-electron chi connectivity index (χ0n) is 11.1. The van der Waals surface area contributed by atoms with Gasteiger partial charge in [0, 0.05) is 24.7 Å². The Labute approximate surface area is 95.4 Å². The molecule has 0 spiro atoms. The summed E-state index contributed by atoms with van der Waals surface area (Å²) >= 11 is 0. The molecule has 1 aliphatic rings. The molecule has 1 N–H and O–H groups in total. The fourth-order valence-corrected chi connectivity index (χ4v) is 2.16. The van der Waals surface area contributed by atoms with Crippen LogP contribution in [0.15, 0.2) is 0 Å². The van der Waals surface area contributed by atoms with Crippen LogP contribution in [-0.4, -0.2) is 36.6 Å². The molecule has 0 heterocycles. The summed E-state index contributed by atoms with van der Waals surface area (Å²) in [7, 11) is 2.26. The summed E-state index contributed by atoms with van der Waals surface area (Å²) in [6.07, 6.45) is 4.04. The Morgan fingerprint density at radius 2 is 1.87 bits per heavy atom. The molecule has 0 saturated heterocycles. The lowest BCUT2D eigenvalue weighted by Crippen LogP contribution is -2.44. The van der Waals surface area contributed by atoms with E-state index in [0.29, 0.717) is 12.1 Å². The van der Waals surface area contributed by atoms with Crippen molar-refractivity contribution in [3.05, 3.63) is 0 Å². The predicted octanol–water partition coefficient (Wildman–Crippen LogP) is 2.49. The smallest absolute Gasteiger partial charge is 0.0192 e. The lowest BCUT2D eigenvalue weighted by Gasteiger charge is -2.28. The van der Waals surface area contributed by atoms with Crippen LogP contribution in [0.1, 0.15) is 47.0 Å². The third-order valence-electron chi connectivity index (χ3n) is 3.74. The summed E-state index contributed by atoms with van der Waals surface area (Å²) in [5, 5.41) is 3.69. The first kappa shape index (κ1) is 13.0. The summed E-state index contributed by atoms with van der Waals surface area (Å²) in [5.74, 6) is 0.744. The molecule has 2 atom stereocenters. The fourth-order valence-electron chi connectivity index (χ4n) is 2.16. The van der Waals surface area contributed by atoms with Gasteiger partial charge in [0.25, 0.3) is 0 Å². The number of rotatable bonds is 7. The van der Waals surface area contributed by atoms with Crippen LogP contribution in [0, 0.1) is 5.92 Å². The molecule has 0 aromatic carbocycles. The second-order valence-corrected chi connectivity index (χ2v) is 5.41. The third kappa shape index (κ3) is 4.12. The molecular weight excluding hydrogens is 184 g/mol. The predicted molar refractivity (Wildman–Crippen MR) is 67.2 cm³/mol. The minimum atomic E-state index is 0.672. The summed E-state index contributed by atoms with van der Waals surface area (Å²) in [5.41, 5.74) is 0. The average molecular weight is 212 g/mol. The molecule has 90 valence electrons. The molecule has 2 heteroatoms. The second-order valence-electron chi connectivity index (χ2n) is 5.41. The van der Waals surface area contributed by atoms with Gasteiger partial charge < -0.3 is 5.32 Å². The molecule has 0 radical (unpaired) electrons. The summed E-state index contributed by atoms with van der Waals surface area (Å²) in [6, 6.07) is 2.23. The Bertz CT molecular complexity index is 175. The third-order valence-corrected chi connectivity index (χ3v) is 3.74. The minimum absolute atomic E-state index is 0.672. The zero-order valence-corrected chi connectivity index (χ0v) is 11.1. The van der Waals surface area contributed by atoms with Crippen LogP contribution in [-0.2, 0) is 0 Å². The van der Waals surface area contributed by atoms with Crippen LogP contribution < -0.4 is 5.32 Å². The van der Waals surface area contributed by atoms with Gasteiger partial charge in [0.05, 0.1) is 0 Å². The molecule has 2 unspecified atom stereocenters. The second kappa shape index (κ2) is 5.86. The first-order chi connectivity index (χ1) is 7.06. The van der Waals surface area contributed by atoms with E-state index in [9.17, 15) is 0 Å². The SMILES string of the molecule is CCC(NCC(C)N(C)C1CC1)C(C)C. The number of hydrogen-bond donors (Lipinski definition) is 1. The largest absolute Gasteiger partial charge is 0.312 e. The Kier molecular flexibility index (Phi) is 5.07. The van der Waals surface area contributed by atoms with Gasteiger partial charge in [-0.25, -0.2) is 0 Å².